The van der Waals surface area contributed by atoms with Crippen molar-refractivity contribution in [3.05, 3.63) is 34.0 Å². The average molecular weight is 295 g/mol. The molecule has 0 radical (unpaired) electrons. The van der Waals surface area contributed by atoms with Gasteiger partial charge in [-0.25, -0.2) is 9.78 Å². The smallest absolute Gasteiger partial charge is 0.317 e. The summed E-state index contributed by atoms with van der Waals surface area (Å²) in [4.78, 5) is 17.6. The zero-order chi connectivity index (χ0) is 14.4. The van der Waals surface area contributed by atoms with Crippen molar-refractivity contribution in [2.24, 2.45) is 0 Å². The second-order valence-corrected chi connectivity index (χ2v) is 5.24. The van der Waals surface area contributed by atoms with Crippen molar-refractivity contribution in [2.45, 2.75) is 19.7 Å². The van der Waals surface area contributed by atoms with Crippen LogP contribution in [0.25, 0.3) is 0 Å². The highest BCUT2D eigenvalue weighted by Crippen LogP contribution is 2.07. The van der Waals surface area contributed by atoms with E-state index in [9.17, 15) is 4.79 Å². The number of aromatic nitrogens is 3. The summed E-state index contributed by atoms with van der Waals surface area (Å²) in [5.41, 5.74) is 1.65. The van der Waals surface area contributed by atoms with Crippen LogP contribution in [0, 0.1) is 0 Å². The Morgan fingerprint density at radius 1 is 1.60 bits per heavy atom. The molecule has 2 amide bonds. The molecule has 0 unspecified atom stereocenters. The monoisotopic (exact) mass is 295 g/mol. The molecule has 0 saturated carbocycles. The molecule has 0 saturated heterocycles. The normalized spacial score (nSPS) is 10.5. The van der Waals surface area contributed by atoms with E-state index in [-0.39, 0.29) is 6.03 Å². The van der Waals surface area contributed by atoms with Crippen LogP contribution < -0.4 is 5.32 Å². The first-order valence-electron chi connectivity index (χ1n) is 6.08. The third-order valence-corrected chi connectivity index (χ3v) is 3.37. The number of carbonyl (C=O) groups is 1. The van der Waals surface area contributed by atoms with Gasteiger partial charge < -0.3 is 15.0 Å². The number of carbonyl (C=O) groups excluding carboxylic acids is 1. The maximum Gasteiger partial charge on any atom is 0.317 e. The van der Waals surface area contributed by atoms with Crippen LogP contribution in [-0.2, 0) is 24.4 Å². The summed E-state index contributed by atoms with van der Waals surface area (Å²) in [7, 11) is 3.35. The van der Waals surface area contributed by atoms with Crippen molar-refractivity contribution in [3.63, 3.8) is 0 Å². The molecule has 0 aromatic carbocycles. The third kappa shape index (κ3) is 4.04. The number of aromatic amines is 1. The highest BCUT2D eigenvalue weighted by atomic mass is 32.1. The van der Waals surface area contributed by atoms with Crippen molar-refractivity contribution in [1.82, 2.24) is 25.4 Å². The Bertz CT molecular complexity index is 540. The molecular formula is C12H17N5O2S. The zero-order valence-electron chi connectivity index (χ0n) is 11.4. The Morgan fingerprint density at radius 2 is 2.45 bits per heavy atom. The first-order chi connectivity index (χ1) is 9.69. The van der Waals surface area contributed by atoms with Crippen LogP contribution in [0.1, 0.15) is 16.4 Å². The Labute approximate surface area is 121 Å². The van der Waals surface area contributed by atoms with Crippen molar-refractivity contribution in [3.8, 4) is 0 Å². The maximum atomic E-state index is 11.9. The molecule has 8 heteroatoms. The van der Waals surface area contributed by atoms with Crippen LogP contribution >= 0.6 is 11.3 Å². The fourth-order valence-electron chi connectivity index (χ4n) is 1.63. The van der Waals surface area contributed by atoms with E-state index in [0.29, 0.717) is 19.7 Å². The van der Waals surface area contributed by atoms with E-state index in [1.165, 1.54) is 11.3 Å². The first-order valence-corrected chi connectivity index (χ1v) is 6.96. The van der Waals surface area contributed by atoms with E-state index in [2.05, 4.69) is 20.5 Å². The Hall–Kier alpha value is -1.93. The second-order valence-electron chi connectivity index (χ2n) is 4.26. The van der Waals surface area contributed by atoms with Gasteiger partial charge in [0.25, 0.3) is 0 Å². The zero-order valence-corrected chi connectivity index (χ0v) is 12.2. The molecular weight excluding hydrogens is 278 g/mol. The summed E-state index contributed by atoms with van der Waals surface area (Å²) in [5, 5.41) is 12.5. The number of amides is 2. The number of rotatable bonds is 6. The third-order valence-electron chi connectivity index (χ3n) is 2.61. The number of hydrogen-bond acceptors (Lipinski definition) is 5. The standard InChI is InChI=1S/C12H17N5O2S/c1-17(7-11-13-3-4-20-11)12(18)14-6-9-5-10(8-19-2)16-15-9/h3-5H,6-8H2,1-2H3,(H,14,18)(H,15,16). The first kappa shape index (κ1) is 14.5. The summed E-state index contributed by atoms with van der Waals surface area (Å²) in [6, 6.07) is 1.72. The van der Waals surface area contributed by atoms with Crippen LogP contribution in [0.2, 0.25) is 0 Å². The lowest BCUT2D eigenvalue weighted by atomic mass is 10.3. The summed E-state index contributed by atoms with van der Waals surface area (Å²) in [6.07, 6.45) is 1.73. The molecule has 108 valence electrons. The fraction of sp³-hybridized carbons (Fsp3) is 0.417. The number of thiazole rings is 1. The Balaban J connectivity index is 1.78. The molecule has 2 aromatic rings. The highest BCUT2D eigenvalue weighted by molar-refractivity contribution is 7.09. The van der Waals surface area contributed by atoms with Crippen molar-refractivity contribution >= 4 is 17.4 Å². The van der Waals surface area contributed by atoms with Crippen LogP contribution in [0.5, 0.6) is 0 Å². The molecule has 20 heavy (non-hydrogen) atoms. The number of nitrogens with zero attached hydrogens (tertiary/aromatic N) is 3. The van der Waals surface area contributed by atoms with E-state index in [1.807, 2.05) is 11.4 Å². The van der Waals surface area contributed by atoms with E-state index in [4.69, 9.17) is 4.74 Å². The maximum absolute atomic E-state index is 11.9. The van der Waals surface area contributed by atoms with Gasteiger partial charge in [0.15, 0.2) is 0 Å². The summed E-state index contributed by atoms with van der Waals surface area (Å²) < 4.78 is 4.98. The lowest BCUT2D eigenvalue weighted by Crippen LogP contribution is -2.36. The van der Waals surface area contributed by atoms with Crippen molar-refractivity contribution in [1.29, 1.82) is 0 Å². The van der Waals surface area contributed by atoms with Crippen molar-refractivity contribution in [2.75, 3.05) is 14.2 Å². The predicted molar refractivity (Wildman–Crippen MR) is 75.1 cm³/mol. The number of hydrogen-bond donors (Lipinski definition) is 2. The fourth-order valence-corrected chi connectivity index (χ4v) is 2.30. The molecule has 7 nitrogen and oxygen atoms in total. The molecule has 0 spiro atoms. The minimum Gasteiger partial charge on any atom is -0.378 e. The topological polar surface area (TPSA) is 83.1 Å². The molecule has 0 atom stereocenters. The predicted octanol–water partition coefficient (Wildman–Crippen LogP) is 1.35. The van der Waals surface area contributed by atoms with E-state index in [0.717, 1.165) is 16.4 Å². The van der Waals surface area contributed by atoms with E-state index < -0.39 is 0 Å². The van der Waals surface area contributed by atoms with Gasteiger partial charge in [0.05, 0.1) is 31.1 Å². The van der Waals surface area contributed by atoms with Crippen molar-refractivity contribution < 1.29 is 9.53 Å². The molecule has 0 aliphatic carbocycles. The van der Waals surface area contributed by atoms with Crippen LogP contribution in [0.15, 0.2) is 17.6 Å². The average Bonchev–Trinajstić information content (AvgIpc) is 3.08. The van der Waals surface area contributed by atoms with Gasteiger partial charge in [-0.1, -0.05) is 0 Å². The molecule has 2 rings (SSSR count). The van der Waals surface area contributed by atoms with Gasteiger partial charge in [-0.3, -0.25) is 5.10 Å². The molecule has 2 N–H and O–H groups in total. The minimum atomic E-state index is -0.150. The largest absolute Gasteiger partial charge is 0.378 e. The Kier molecular flexibility index (Phi) is 5.08. The molecule has 0 bridgehead atoms. The quantitative estimate of drug-likeness (QED) is 0.842. The number of methoxy groups -OCH3 is 1. The summed E-state index contributed by atoms with van der Waals surface area (Å²) in [6.45, 7) is 1.35. The van der Waals surface area contributed by atoms with Gasteiger partial charge in [-0.2, -0.15) is 5.10 Å². The van der Waals surface area contributed by atoms with Gasteiger partial charge in [0.2, 0.25) is 0 Å². The number of nitrogens with one attached hydrogen (secondary N) is 2. The number of H-pyrrole nitrogens is 1. The van der Waals surface area contributed by atoms with Crippen LogP contribution in [0.4, 0.5) is 4.79 Å². The van der Waals surface area contributed by atoms with Crippen LogP contribution in [0.3, 0.4) is 0 Å². The van der Waals surface area contributed by atoms with Crippen LogP contribution in [-0.4, -0.2) is 40.3 Å². The van der Waals surface area contributed by atoms with Gasteiger partial charge in [0, 0.05) is 25.7 Å². The van der Waals surface area contributed by atoms with E-state index >= 15 is 0 Å². The number of urea groups is 1. The molecule has 0 aliphatic rings. The molecule has 2 aromatic heterocycles. The second kappa shape index (κ2) is 7.01. The Morgan fingerprint density at radius 3 is 3.15 bits per heavy atom. The lowest BCUT2D eigenvalue weighted by Gasteiger charge is -2.16. The summed E-state index contributed by atoms with van der Waals surface area (Å²) >= 11 is 1.53. The van der Waals surface area contributed by atoms with Gasteiger partial charge >= 0.3 is 6.03 Å². The molecule has 0 aliphatic heterocycles. The van der Waals surface area contributed by atoms with Gasteiger partial charge in [-0.05, 0) is 6.07 Å². The lowest BCUT2D eigenvalue weighted by molar-refractivity contribution is 0.181. The minimum absolute atomic E-state index is 0.150. The van der Waals surface area contributed by atoms with E-state index in [1.54, 1.807) is 25.3 Å². The van der Waals surface area contributed by atoms with Gasteiger partial charge in [0.1, 0.15) is 5.01 Å². The summed E-state index contributed by atoms with van der Waals surface area (Å²) in [5.74, 6) is 0. The van der Waals surface area contributed by atoms with Gasteiger partial charge in [-0.15, -0.1) is 11.3 Å². The SMILES string of the molecule is COCc1cc(CNC(=O)N(C)Cc2nccs2)[nH]n1. The number of ether oxygens (including phenoxy) is 1. The molecule has 0 fully saturated rings. The highest BCUT2D eigenvalue weighted by Gasteiger charge is 2.10. The molecule has 2 heterocycles.